The Morgan fingerprint density at radius 3 is 1.25 bits per heavy atom. The molecule has 32 heavy (non-hydrogen) atoms. The number of benzene rings is 2. The summed E-state index contributed by atoms with van der Waals surface area (Å²) in [4.78, 5) is 17.6. The summed E-state index contributed by atoms with van der Waals surface area (Å²) in [6, 6.07) is 12.5. The molecule has 0 saturated carbocycles. The summed E-state index contributed by atoms with van der Waals surface area (Å²) in [5, 5.41) is 0. The van der Waals surface area contributed by atoms with E-state index >= 15 is 0 Å². The van der Waals surface area contributed by atoms with Gasteiger partial charge in [0.05, 0.1) is 0 Å². The van der Waals surface area contributed by atoms with Gasteiger partial charge in [0.25, 0.3) is 0 Å². The highest BCUT2D eigenvalue weighted by molar-refractivity contribution is 6.21. The molecule has 0 saturated heterocycles. The molecule has 0 bridgehead atoms. The molecule has 0 radical (unpaired) electrons. The first-order valence-corrected chi connectivity index (χ1v) is 10.3. The molecule has 0 aromatic heterocycles. The molecule has 0 spiro atoms. The maximum absolute atomic E-state index is 13.2. The van der Waals surface area contributed by atoms with Crippen molar-refractivity contribution in [2.24, 2.45) is 0 Å². The van der Waals surface area contributed by atoms with Crippen LogP contribution in [0.4, 0.5) is 0 Å². The van der Waals surface area contributed by atoms with Crippen LogP contribution in [0.5, 0.6) is 0 Å². The molecule has 0 fully saturated rings. The molecule has 3 nitrogen and oxygen atoms in total. The smallest absolute Gasteiger partial charge is 0.194 e. The quantitative estimate of drug-likeness (QED) is 0.299. The molecular weight excluding hydrogens is 439 g/mol. The SMILES string of the molecule is C=CCN(CC=C)Cc1ccc2c(c1)C(=O)c1cc(CN(CC=C)CC=C)ccc1-2.Cl.Cl. The molecule has 5 heteroatoms. The Morgan fingerprint density at radius 2 is 0.938 bits per heavy atom. The fourth-order valence-corrected chi connectivity index (χ4v) is 4.02. The number of hydrogen-bond acceptors (Lipinski definition) is 3. The number of carbonyl (C=O) groups excluding carboxylic acids is 1. The summed E-state index contributed by atoms with van der Waals surface area (Å²) < 4.78 is 0. The Balaban J connectivity index is 0.00000256. The Bertz CT molecular complexity index is 886. The number of carbonyl (C=O) groups is 1. The maximum atomic E-state index is 13.2. The van der Waals surface area contributed by atoms with Crippen LogP contribution in [0.1, 0.15) is 27.0 Å². The van der Waals surface area contributed by atoms with E-state index in [1.807, 2.05) is 36.4 Å². The van der Waals surface area contributed by atoms with Gasteiger partial charge in [-0.2, -0.15) is 0 Å². The van der Waals surface area contributed by atoms with E-state index in [1.54, 1.807) is 0 Å². The standard InChI is InChI=1S/C27H30N2O.2ClH/c1-5-13-28(14-6-2)19-21-9-11-23-24-12-10-22(20-29(15-7-3)16-8-4)18-26(24)27(30)25(23)17-21;;/h5-12,17-18H,1-4,13-16,19-20H2;2*1H. The molecule has 0 atom stereocenters. The number of fused-ring (bicyclic) bond motifs is 3. The highest BCUT2D eigenvalue weighted by Crippen LogP contribution is 2.37. The van der Waals surface area contributed by atoms with Crippen molar-refractivity contribution in [3.63, 3.8) is 0 Å². The third-order valence-electron chi connectivity index (χ3n) is 5.31. The van der Waals surface area contributed by atoms with E-state index in [0.717, 1.165) is 72.6 Å². The minimum Gasteiger partial charge on any atom is -0.292 e. The third kappa shape index (κ3) is 6.30. The van der Waals surface area contributed by atoms with Gasteiger partial charge in [-0.1, -0.05) is 48.6 Å². The fraction of sp³-hybridized carbons (Fsp3) is 0.222. The average Bonchev–Trinajstić information content (AvgIpc) is 3.00. The second-order valence-corrected chi connectivity index (χ2v) is 7.63. The van der Waals surface area contributed by atoms with Crippen molar-refractivity contribution in [2.75, 3.05) is 26.2 Å². The van der Waals surface area contributed by atoms with Crippen LogP contribution in [0.15, 0.2) is 87.0 Å². The van der Waals surface area contributed by atoms with E-state index in [1.165, 1.54) is 0 Å². The van der Waals surface area contributed by atoms with E-state index in [0.29, 0.717) is 0 Å². The van der Waals surface area contributed by atoms with Crippen LogP contribution in [0.2, 0.25) is 0 Å². The molecule has 2 aromatic carbocycles. The molecule has 0 N–H and O–H groups in total. The van der Waals surface area contributed by atoms with Gasteiger partial charge in [0.1, 0.15) is 0 Å². The summed E-state index contributed by atoms with van der Waals surface area (Å²) in [7, 11) is 0. The van der Waals surface area contributed by atoms with Crippen LogP contribution < -0.4 is 0 Å². The Labute approximate surface area is 204 Å². The maximum Gasteiger partial charge on any atom is 0.194 e. The molecule has 2 aromatic rings. The third-order valence-corrected chi connectivity index (χ3v) is 5.31. The van der Waals surface area contributed by atoms with Gasteiger partial charge in [-0.15, -0.1) is 51.1 Å². The van der Waals surface area contributed by atoms with Crippen molar-refractivity contribution in [3.05, 3.63) is 109 Å². The number of hydrogen-bond donors (Lipinski definition) is 0. The highest BCUT2D eigenvalue weighted by Gasteiger charge is 2.27. The lowest BCUT2D eigenvalue weighted by Gasteiger charge is -2.19. The minimum absolute atomic E-state index is 0. The lowest BCUT2D eigenvalue weighted by molar-refractivity contribution is 0.104. The highest BCUT2D eigenvalue weighted by atomic mass is 35.5. The van der Waals surface area contributed by atoms with Gasteiger partial charge in [-0.05, 0) is 34.4 Å². The summed E-state index contributed by atoms with van der Waals surface area (Å²) in [5.74, 6) is 0.113. The van der Waals surface area contributed by atoms with Crippen molar-refractivity contribution >= 4 is 30.6 Å². The predicted molar refractivity (Wildman–Crippen MR) is 141 cm³/mol. The minimum atomic E-state index is 0. The van der Waals surface area contributed by atoms with Gasteiger partial charge in [0.15, 0.2) is 5.78 Å². The van der Waals surface area contributed by atoms with E-state index in [2.05, 4.69) is 60.4 Å². The number of rotatable bonds is 12. The molecular formula is C27H32Cl2N2O. The van der Waals surface area contributed by atoms with Crippen LogP contribution in [0.3, 0.4) is 0 Å². The Kier molecular flexibility index (Phi) is 11.4. The van der Waals surface area contributed by atoms with Crippen molar-refractivity contribution in [2.45, 2.75) is 13.1 Å². The summed E-state index contributed by atoms with van der Waals surface area (Å²) >= 11 is 0. The Morgan fingerprint density at radius 1 is 0.594 bits per heavy atom. The van der Waals surface area contributed by atoms with Crippen LogP contribution in [-0.4, -0.2) is 41.8 Å². The summed E-state index contributed by atoms with van der Waals surface area (Å²) in [5.41, 5.74) is 5.90. The second-order valence-electron chi connectivity index (χ2n) is 7.63. The molecule has 170 valence electrons. The van der Waals surface area contributed by atoms with Crippen LogP contribution in [0.25, 0.3) is 11.1 Å². The molecule has 0 aliphatic heterocycles. The van der Waals surface area contributed by atoms with Crippen LogP contribution in [-0.2, 0) is 13.1 Å². The van der Waals surface area contributed by atoms with Crippen molar-refractivity contribution < 1.29 is 4.79 Å². The Hall–Kier alpha value is -2.43. The van der Waals surface area contributed by atoms with Gasteiger partial charge in [-0.25, -0.2) is 0 Å². The van der Waals surface area contributed by atoms with Crippen molar-refractivity contribution in [1.29, 1.82) is 0 Å². The van der Waals surface area contributed by atoms with Gasteiger partial charge in [-0.3, -0.25) is 14.6 Å². The van der Waals surface area contributed by atoms with E-state index in [-0.39, 0.29) is 30.6 Å². The summed E-state index contributed by atoms with van der Waals surface area (Å²) in [6.07, 6.45) is 7.56. The number of ketones is 1. The number of nitrogens with zero attached hydrogens (tertiary/aromatic N) is 2. The zero-order chi connectivity index (χ0) is 21.5. The van der Waals surface area contributed by atoms with Crippen LogP contribution in [0, 0.1) is 0 Å². The fourth-order valence-electron chi connectivity index (χ4n) is 4.02. The van der Waals surface area contributed by atoms with E-state index in [9.17, 15) is 4.79 Å². The van der Waals surface area contributed by atoms with Gasteiger partial charge in [0, 0.05) is 50.4 Å². The topological polar surface area (TPSA) is 23.6 Å². The van der Waals surface area contributed by atoms with Crippen molar-refractivity contribution in [1.82, 2.24) is 9.80 Å². The first-order valence-electron chi connectivity index (χ1n) is 10.3. The zero-order valence-corrected chi connectivity index (χ0v) is 20.1. The second kappa shape index (κ2) is 13.2. The molecule has 3 rings (SSSR count). The average molecular weight is 471 g/mol. The summed E-state index contributed by atoms with van der Waals surface area (Å²) in [6.45, 7) is 20.0. The first kappa shape index (κ1) is 27.6. The number of halogens is 2. The largest absolute Gasteiger partial charge is 0.292 e. The molecule has 0 heterocycles. The monoisotopic (exact) mass is 470 g/mol. The zero-order valence-electron chi connectivity index (χ0n) is 18.5. The molecule has 1 aliphatic rings. The van der Waals surface area contributed by atoms with Crippen LogP contribution >= 0.6 is 24.8 Å². The molecule has 1 aliphatic carbocycles. The van der Waals surface area contributed by atoms with Gasteiger partial charge in [0.2, 0.25) is 0 Å². The van der Waals surface area contributed by atoms with Crippen molar-refractivity contribution in [3.8, 4) is 11.1 Å². The lowest BCUT2D eigenvalue weighted by Crippen LogP contribution is -2.23. The van der Waals surface area contributed by atoms with E-state index < -0.39 is 0 Å². The lowest BCUT2D eigenvalue weighted by atomic mass is 10.0. The predicted octanol–water partition coefficient (Wildman–Crippen LogP) is 6.09. The molecule has 0 amide bonds. The normalized spacial score (nSPS) is 11.2. The first-order chi connectivity index (χ1) is 14.6. The molecule has 0 unspecified atom stereocenters. The van der Waals surface area contributed by atoms with E-state index in [4.69, 9.17) is 0 Å². The van der Waals surface area contributed by atoms with Gasteiger partial charge >= 0.3 is 0 Å². The van der Waals surface area contributed by atoms with Gasteiger partial charge < -0.3 is 0 Å².